The van der Waals surface area contributed by atoms with Crippen molar-refractivity contribution in [3.8, 4) is 0 Å². The van der Waals surface area contributed by atoms with Gasteiger partial charge in [0, 0.05) is 6.54 Å². The first-order valence-corrected chi connectivity index (χ1v) is 8.01. The number of hydrogen-bond donors (Lipinski definition) is 2. The molecule has 1 unspecified atom stereocenters. The second-order valence-electron chi connectivity index (χ2n) is 5.93. The largest absolute Gasteiger partial charge is 0.368 e. The Kier molecular flexibility index (Phi) is 6.92. The maximum Gasteiger partial charge on any atom is 0.239 e. The third kappa shape index (κ3) is 4.72. The van der Waals surface area contributed by atoms with Crippen molar-refractivity contribution in [2.45, 2.75) is 45.6 Å². The number of amides is 1. The topological polar surface area (TPSA) is 75.6 Å². The molecule has 1 aliphatic carbocycles. The standard InChI is InChI=1S/C15H32N4O/c1-4-18(5-2)10-7-11-19(6-3)12-15(17,14(16)20)13-8-9-13/h13H,4-12,17H2,1-3H3,(H2,16,20). The van der Waals surface area contributed by atoms with Gasteiger partial charge in [-0.2, -0.15) is 0 Å². The van der Waals surface area contributed by atoms with Crippen LogP contribution in [0.3, 0.4) is 0 Å². The highest BCUT2D eigenvalue weighted by Gasteiger charge is 2.47. The molecule has 1 saturated carbocycles. The van der Waals surface area contributed by atoms with Gasteiger partial charge in [0.25, 0.3) is 0 Å². The molecule has 4 N–H and O–H groups in total. The van der Waals surface area contributed by atoms with E-state index >= 15 is 0 Å². The van der Waals surface area contributed by atoms with Gasteiger partial charge in [0.15, 0.2) is 0 Å². The number of likely N-dealkylation sites (N-methyl/N-ethyl adjacent to an activating group) is 1. The molecule has 0 aromatic rings. The lowest BCUT2D eigenvalue weighted by molar-refractivity contribution is -0.124. The zero-order chi connectivity index (χ0) is 15.2. The molecule has 118 valence electrons. The molecule has 0 aromatic carbocycles. The maximum absolute atomic E-state index is 11.7. The average Bonchev–Trinajstić information content (AvgIpc) is 3.26. The summed E-state index contributed by atoms with van der Waals surface area (Å²) in [6.45, 7) is 12.3. The number of hydrogen-bond acceptors (Lipinski definition) is 4. The number of rotatable bonds is 11. The summed E-state index contributed by atoms with van der Waals surface area (Å²) in [5.41, 5.74) is 11.0. The molecule has 0 spiro atoms. The molecule has 0 aromatic heterocycles. The van der Waals surface area contributed by atoms with Gasteiger partial charge >= 0.3 is 0 Å². The summed E-state index contributed by atoms with van der Waals surface area (Å²) in [5.74, 6) is -0.0565. The highest BCUT2D eigenvalue weighted by atomic mass is 16.1. The summed E-state index contributed by atoms with van der Waals surface area (Å²) in [6, 6.07) is 0. The van der Waals surface area contributed by atoms with Gasteiger partial charge in [-0.05, 0) is 57.9 Å². The van der Waals surface area contributed by atoms with Gasteiger partial charge in [0.05, 0.1) is 0 Å². The van der Waals surface area contributed by atoms with Crippen LogP contribution in [0.2, 0.25) is 0 Å². The van der Waals surface area contributed by atoms with Crippen LogP contribution in [0, 0.1) is 5.92 Å². The molecule has 1 rings (SSSR count). The normalized spacial score (nSPS) is 18.5. The van der Waals surface area contributed by atoms with Crippen LogP contribution >= 0.6 is 0 Å². The minimum absolute atomic E-state index is 0.289. The Labute approximate surface area is 123 Å². The Balaban J connectivity index is 2.43. The van der Waals surface area contributed by atoms with Crippen molar-refractivity contribution in [3.05, 3.63) is 0 Å². The number of carbonyl (C=O) groups excluding carboxylic acids is 1. The van der Waals surface area contributed by atoms with Gasteiger partial charge < -0.3 is 21.3 Å². The molecule has 0 bridgehead atoms. The first kappa shape index (κ1) is 17.4. The van der Waals surface area contributed by atoms with Crippen LogP contribution in [0.15, 0.2) is 0 Å². The lowest BCUT2D eigenvalue weighted by Gasteiger charge is -2.33. The van der Waals surface area contributed by atoms with E-state index in [4.69, 9.17) is 11.5 Å². The number of nitrogens with two attached hydrogens (primary N) is 2. The molecule has 20 heavy (non-hydrogen) atoms. The molecule has 1 aliphatic rings. The summed E-state index contributed by atoms with van der Waals surface area (Å²) in [7, 11) is 0. The fraction of sp³-hybridized carbons (Fsp3) is 0.933. The van der Waals surface area contributed by atoms with E-state index in [1.165, 1.54) is 0 Å². The first-order chi connectivity index (χ1) is 9.47. The van der Waals surface area contributed by atoms with Gasteiger partial charge in [-0.15, -0.1) is 0 Å². The second kappa shape index (κ2) is 7.96. The van der Waals surface area contributed by atoms with E-state index in [0.717, 1.165) is 52.0 Å². The molecule has 0 radical (unpaired) electrons. The van der Waals surface area contributed by atoms with Crippen molar-refractivity contribution < 1.29 is 4.79 Å². The van der Waals surface area contributed by atoms with Crippen molar-refractivity contribution >= 4 is 5.91 Å². The van der Waals surface area contributed by atoms with Crippen LogP contribution in [0.25, 0.3) is 0 Å². The third-order valence-corrected chi connectivity index (χ3v) is 4.54. The first-order valence-electron chi connectivity index (χ1n) is 8.01. The van der Waals surface area contributed by atoms with E-state index in [2.05, 4.69) is 30.6 Å². The van der Waals surface area contributed by atoms with Crippen LogP contribution in [-0.2, 0) is 4.79 Å². The molecule has 0 saturated heterocycles. The molecule has 0 aliphatic heterocycles. The minimum atomic E-state index is -0.828. The average molecular weight is 284 g/mol. The predicted molar refractivity (Wildman–Crippen MR) is 83.4 cm³/mol. The molecule has 5 nitrogen and oxygen atoms in total. The summed E-state index contributed by atoms with van der Waals surface area (Å²) >= 11 is 0. The highest BCUT2D eigenvalue weighted by Crippen LogP contribution is 2.38. The monoisotopic (exact) mass is 284 g/mol. The SMILES string of the molecule is CCN(CC)CCCN(CC)CC(N)(C(N)=O)C1CC1. The third-order valence-electron chi connectivity index (χ3n) is 4.54. The lowest BCUT2D eigenvalue weighted by Crippen LogP contribution is -2.60. The van der Waals surface area contributed by atoms with Crippen molar-refractivity contribution in [1.29, 1.82) is 0 Å². The van der Waals surface area contributed by atoms with Gasteiger partial charge in [0.1, 0.15) is 5.54 Å². The lowest BCUT2D eigenvalue weighted by atomic mass is 9.92. The smallest absolute Gasteiger partial charge is 0.239 e. The van der Waals surface area contributed by atoms with Crippen LogP contribution < -0.4 is 11.5 Å². The molecular formula is C15H32N4O. The summed E-state index contributed by atoms with van der Waals surface area (Å²) in [5, 5.41) is 0. The molecule has 1 fully saturated rings. The van der Waals surface area contributed by atoms with E-state index < -0.39 is 5.54 Å². The van der Waals surface area contributed by atoms with Gasteiger partial charge in [-0.25, -0.2) is 0 Å². The summed E-state index contributed by atoms with van der Waals surface area (Å²) in [4.78, 5) is 16.4. The summed E-state index contributed by atoms with van der Waals surface area (Å²) in [6.07, 6.45) is 3.18. The molecular weight excluding hydrogens is 252 g/mol. The molecule has 0 heterocycles. The number of primary amides is 1. The Bertz CT molecular complexity index is 302. The van der Waals surface area contributed by atoms with Gasteiger partial charge in [-0.1, -0.05) is 20.8 Å². The maximum atomic E-state index is 11.7. The van der Waals surface area contributed by atoms with Gasteiger partial charge in [-0.3, -0.25) is 4.79 Å². The van der Waals surface area contributed by atoms with Crippen molar-refractivity contribution in [2.24, 2.45) is 17.4 Å². The number of nitrogens with zero attached hydrogens (tertiary/aromatic N) is 2. The van der Waals surface area contributed by atoms with Crippen molar-refractivity contribution in [2.75, 3.05) is 39.3 Å². The van der Waals surface area contributed by atoms with Crippen LogP contribution in [0.4, 0.5) is 0 Å². The predicted octanol–water partition coefficient (Wildman–Crippen LogP) is 0.633. The molecule has 5 heteroatoms. The fourth-order valence-electron chi connectivity index (χ4n) is 2.78. The van der Waals surface area contributed by atoms with Gasteiger partial charge in [0.2, 0.25) is 5.91 Å². The van der Waals surface area contributed by atoms with Crippen LogP contribution in [0.5, 0.6) is 0 Å². The second-order valence-corrected chi connectivity index (χ2v) is 5.93. The van der Waals surface area contributed by atoms with Crippen molar-refractivity contribution in [1.82, 2.24) is 9.80 Å². The fourth-order valence-corrected chi connectivity index (χ4v) is 2.78. The zero-order valence-corrected chi connectivity index (χ0v) is 13.4. The van der Waals surface area contributed by atoms with E-state index in [0.29, 0.717) is 6.54 Å². The number of carbonyl (C=O) groups is 1. The van der Waals surface area contributed by atoms with E-state index in [-0.39, 0.29) is 11.8 Å². The van der Waals surface area contributed by atoms with Crippen LogP contribution in [-0.4, -0.2) is 60.5 Å². The summed E-state index contributed by atoms with van der Waals surface area (Å²) < 4.78 is 0. The Hall–Kier alpha value is -0.650. The highest BCUT2D eigenvalue weighted by molar-refractivity contribution is 5.85. The van der Waals surface area contributed by atoms with E-state index in [1.54, 1.807) is 0 Å². The molecule has 1 atom stereocenters. The van der Waals surface area contributed by atoms with Crippen LogP contribution in [0.1, 0.15) is 40.0 Å². The Morgan fingerprint density at radius 1 is 1.10 bits per heavy atom. The Morgan fingerprint density at radius 2 is 1.60 bits per heavy atom. The van der Waals surface area contributed by atoms with Crippen molar-refractivity contribution in [3.63, 3.8) is 0 Å². The van der Waals surface area contributed by atoms with E-state index in [9.17, 15) is 4.79 Å². The minimum Gasteiger partial charge on any atom is -0.368 e. The van der Waals surface area contributed by atoms with E-state index in [1.807, 2.05) is 0 Å². The Morgan fingerprint density at radius 3 is 2.00 bits per heavy atom. The quantitative estimate of drug-likeness (QED) is 0.583. The molecule has 1 amide bonds. The zero-order valence-electron chi connectivity index (χ0n) is 13.4.